The molecule has 2 aliphatic rings. The van der Waals surface area contributed by atoms with Crippen molar-refractivity contribution in [2.45, 2.75) is 39.0 Å². The van der Waals surface area contributed by atoms with Gasteiger partial charge >= 0.3 is 5.97 Å². The summed E-state index contributed by atoms with van der Waals surface area (Å²) in [5.41, 5.74) is 0. The summed E-state index contributed by atoms with van der Waals surface area (Å²) in [6, 6.07) is 9.39. The maximum Gasteiger partial charge on any atom is 0.309 e. The molecule has 0 aliphatic carbocycles. The van der Waals surface area contributed by atoms with Gasteiger partial charge in [-0.3, -0.25) is 19.2 Å². The summed E-state index contributed by atoms with van der Waals surface area (Å²) in [7, 11) is 1.66. The Bertz CT molecular complexity index is 861. The van der Waals surface area contributed by atoms with Crippen LogP contribution in [0.3, 0.4) is 0 Å². The average molecular weight is 488 g/mol. The number of esters is 1. The molecule has 0 unspecified atom stereocenters. The van der Waals surface area contributed by atoms with Crippen molar-refractivity contribution in [3.63, 3.8) is 0 Å². The molecule has 2 saturated heterocycles. The molecule has 0 radical (unpaired) electrons. The summed E-state index contributed by atoms with van der Waals surface area (Å²) >= 11 is 0. The Morgan fingerprint density at radius 2 is 1.46 bits per heavy atom. The van der Waals surface area contributed by atoms with E-state index >= 15 is 0 Å². The topological polar surface area (TPSA) is 96.5 Å². The third-order valence-electron chi connectivity index (χ3n) is 6.74. The number of rotatable bonds is 9. The highest BCUT2D eigenvalue weighted by atomic mass is 16.5. The summed E-state index contributed by atoms with van der Waals surface area (Å²) in [4.78, 5) is 55.0. The Hall–Kier alpha value is -3.10. The van der Waals surface area contributed by atoms with Crippen molar-refractivity contribution in [1.82, 2.24) is 14.7 Å². The minimum Gasteiger partial charge on any atom is -0.493 e. The van der Waals surface area contributed by atoms with Gasteiger partial charge in [0.25, 0.3) is 0 Å². The highest BCUT2D eigenvalue weighted by Gasteiger charge is 2.32. The Balaban J connectivity index is 1.35. The molecule has 3 amide bonds. The summed E-state index contributed by atoms with van der Waals surface area (Å²) in [6.45, 7) is 4.56. The number of ether oxygens (including phenoxy) is 2. The van der Waals surface area contributed by atoms with Gasteiger partial charge in [0.1, 0.15) is 5.75 Å². The van der Waals surface area contributed by atoms with Crippen LogP contribution in [0.5, 0.6) is 5.75 Å². The number of para-hydroxylation sites is 1. The van der Waals surface area contributed by atoms with E-state index in [1.165, 1.54) is 4.90 Å². The van der Waals surface area contributed by atoms with E-state index in [4.69, 9.17) is 9.47 Å². The van der Waals surface area contributed by atoms with E-state index in [0.29, 0.717) is 71.5 Å². The first-order valence-corrected chi connectivity index (χ1v) is 12.5. The maximum absolute atomic E-state index is 12.9. The second-order valence-corrected chi connectivity index (χ2v) is 9.17. The fourth-order valence-corrected chi connectivity index (χ4v) is 4.62. The Morgan fingerprint density at radius 1 is 0.886 bits per heavy atom. The van der Waals surface area contributed by atoms with Crippen molar-refractivity contribution in [3.8, 4) is 5.75 Å². The highest BCUT2D eigenvalue weighted by Crippen LogP contribution is 2.22. The number of carbonyl (C=O) groups excluding carboxylic acids is 4. The highest BCUT2D eigenvalue weighted by molar-refractivity contribution is 5.86. The molecule has 9 nitrogen and oxygen atoms in total. The molecule has 0 atom stereocenters. The summed E-state index contributed by atoms with van der Waals surface area (Å²) in [5.74, 6) is 0.0733. The second kappa shape index (κ2) is 13.1. The van der Waals surface area contributed by atoms with Crippen LogP contribution in [-0.4, -0.2) is 91.4 Å². The van der Waals surface area contributed by atoms with E-state index in [1.54, 1.807) is 23.8 Å². The third-order valence-corrected chi connectivity index (χ3v) is 6.74. The molecule has 0 saturated carbocycles. The quantitative estimate of drug-likeness (QED) is 0.494. The zero-order valence-electron chi connectivity index (χ0n) is 20.8. The molecule has 0 bridgehead atoms. The van der Waals surface area contributed by atoms with Gasteiger partial charge in [-0.1, -0.05) is 18.2 Å². The fraction of sp³-hybridized carbons (Fsp3) is 0.615. The molecule has 35 heavy (non-hydrogen) atoms. The predicted octanol–water partition coefficient (Wildman–Crippen LogP) is 1.95. The third kappa shape index (κ3) is 7.70. The minimum absolute atomic E-state index is 0.0267. The number of likely N-dealkylation sites (tertiary alicyclic amines) is 2. The van der Waals surface area contributed by atoms with E-state index < -0.39 is 0 Å². The lowest BCUT2D eigenvalue weighted by molar-refractivity contribution is -0.151. The number of hydrogen-bond donors (Lipinski definition) is 0. The molecule has 0 aromatic heterocycles. The van der Waals surface area contributed by atoms with Gasteiger partial charge < -0.3 is 24.2 Å². The van der Waals surface area contributed by atoms with Crippen molar-refractivity contribution in [3.05, 3.63) is 30.3 Å². The molecule has 0 spiro atoms. The SMILES string of the molecule is CCOC(=O)C1CCN(C(=O)CN(C)C(=O)C2CCN(C(=O)CCOc3ccccc3)CC2)CC1. The monoisotopic (exact) mass is 487 g/mol. The van der Waals surface area contributed by atoms with Gasteiger partial charge in [0, 0.05) is 39.1 Å². The average Bonchev–Trinajstić information content (AvgIpc) is 2.89. The van der Waals surface area contributed by atoms with E-state index in [-0.39, 0.29) is 42.1 Å². The van der Waals surface area contributed by atoms with Crippen LogP contribution >= 0.6 is 0 Å². The number of nitrogens with zero attached hydrogens (tertiary/aromatic N) is 3. The lowest BCUT2D eigenvalue weighted by atomic mass is 9.95. The Morgan fingerprint density at radius 3 is 2.06 bits per heavy atom. The molecule has 9 heteroatoms. The molecule has 3 rings (SSSR count). The minimum atomic E-state index is -0.194. The summed E-state index contributed by atoms with van der Waals surface area (Å²) in [5, 5.41) is 0. The number of carbonyl (C=O) groups is 4. The Kier molecular flexibility index (Phi) is 9.93. The molecular weight excluding hydrogens is 450 g/mol. The number of amides is 3. The van der Waals surface area contributed by atoms with E-state index in [1.807, 2.05) is 30.3 Å². The number of likely N-dealkylation sites (N-methyl/N-ethyl adjacent to an activating group) is 1. The van der Waals surface area contributed by atoms with Crippen molar-refractivity contribution in [1.29, 1.82) is 0 Å². The lowest BCUT2D eigenvalue weighted by Crippen LogP contribution is -2.48. The van der Waals surface area contributed by atoms with Crippen LogP contribution in [0.15, 0.2) is 30.3 Å². The van der Waals surface area contributed by atoms with Crippen molar-refractivity contribution < 1.29 is 28.7 Å². The van der Waals surface area contributed by atoms with Gasteiger partial charge in [0.05, 0.1) is 32.1 Å². The summed E-state index contributed by atoms with van der Waals surface area (Å²) in [6.07, 6.45) is 2.66. The van der Waals surface area contributed by atoms with Crippen LogP contribution in [0.25, 0.3) is 0 Å². The molecule has 2 heterocycles. The van der Waals surface area contributed by atoms with Gasteiger partial charge in [0.2, 0.25) is 17.7 Å². The van der Waals surface area contributed by atoms with E-state index in [9.17, 15) is 19.2 Å². The van der Waals surface area contributed by atoms with Crippen LogP contribution in [0.2, 0.25) is 0 Å². The van der Waals surface area contributed by atoms with Crippen molar-refractivity contribution in [2.75, 3.05) is 53.0 Å². The van der Waals surface area contributed by atoms with Crippen molar-refractivity contribution in [2.24, 2.45) is 11.8 Å². The van der Waals surface area contributed by atoms with Crippen LogP contribution in [-0.2, 0) is 23.9 Å². The second-order valence-electron chi connectivity index (χ2n) is 9.17. The zero-order chi connectivity index (χ0) is 25.2. The number of hydrogen-bond acceptors (Lipinski definition) is 6. The van der Waals surface area contributed by atoms with E-state index in [2.05, 4.69) is 0 Å². The first-order chi connectivity index (χ1) is 16.9. The molecule has 2 fully saturated rings. The zero-order valence-corrected chi connectivity index (χ0v) is 20.8. The van der Waals surface area contributed by atoms with Gasteiger partial charge in [-0.25, -0.2) is 0 Å². The molecular formula is C26H37N3O6. The van der Waals surface area contributed by atoms with Gasteiger partial charge in [-0.2, -0.15) is 0 Å². The van der Waals surface area contributed by atoms with Crippen molar-refractivity contribution >= 4 is 23.7 Å². The molecule has 1 aromatic carbocycles. The first-order valence-electron chi connectivity index (χ1n) is 12.5. The normalized spacial score (nSPS) is 17.1. The number of piperidine rings is 2. The van der Waals surface area contributed by atoms with Crippen LogP contribution in [0.4, 0.5) is 0 Å². The first kappa shape index (κ1) is 26.5. The smallest absolute Gasteiger partial charge is 0.309 e. The van der Waals surface area contributed by atoms with Crippen LogP contribution < -0.4 is 4.74 Å². The Labute approximate surface area is 207 Å². The van der Waals surface area contributed by atoms with Crippen LogP contribution in [0, 0.1) is 11.8 Å². The largest absolute Gasteiger partial charge is 0.493 e. The molecule has 2 aliphatic heterocycles. The fourth-order valence-electron chi connectivity index (χ4n) is 4.62. The van der Waals surface area contributed by atoms with E-state index in [0.717, 1.165) is 5.75 Å². The van der Waals surface area contributed by atoms with Gasteiger partial charge in [-0.15, -0.1) is 0 Å². The van der Waals surface area contributed by atoms with Gasteiger partial charge in [-0.05, 0) is 44.7 Å². The lowest BCUT2D eigenvalue weighted by Gasteiger charge is -2.34. The molecule has 1 aromatic rings. The standard InChI is InChI=1S/C26H37N3O6/c1-3-34-26(33)21-11-16-29(17-12-21)24(31)19-27(2)25(32)20-9-14-28(15-10-20)23(30)13-18-35-22-7-5-4-6-8-22/h4-8,20-21H,3,9-19H2,1-2H3. The predicted molar refractivity (Wildman–Crippen MR) is 129 cm³/mol. The van der Waals surface area contributed by atoms with Crippen LogP contribution in [0.1, 0.15) is 39.0 Å². The van der Waals surface area contributed by atoms with Gasteiger partial charge in [0.15, 0.2) is 0 Å². The molecule has 192 valence electrons. The molecule has 0 N–H and O–H groups in total. The summed E-state index contributed by atoms with van der Waals surface area (Å²) < 4.78 is 10.7. The number of benzene rings is 1. The maximum atomic E-state index is 12.9.